The van der Waals surface area contributed by atoms with E-state index < -0.39 is 0 Å². The summed E-state index contributed by atoms with van der Waals surface area (Å²) >= 11 is 0. The summed E-state index contributed by atoms with van der Waals surface area (Å²) in [6.07, 6.45) is 0. The van der Waals surface area contributed by atoms with Gasteiger partial charge in [0.05, 0.1) is 0 Å². The van der Waals surface area contributed by atoms with Gasteiger partial charge in [-0.05, 0) is 28.8 Å². The maximum atomic E-state index is 5.39. The Bertz CT molecular complexity index is 798. The minimum atomic E-state index is 0.305. The quantitative estimate of drug-likeness (QED) is 0.758. The van der Waals surface area contributed by atoms with E-state index in [4.69, 9.17) is 9.47 Å². The van der Waals surface area contributed by atoms with Crippen LogP contribution in [0.2, 0.25) is 0 Å². The van der Waals surface area contributed by atoms with Crippen LogP contribution in [-0.4, -0.2) is 6.79 Å². The fourth-order valence-corrected chi connectivity index (χ4v) is 2.66. The van der Waals surface area contributed by atoms with Crippen LogP contribution in [0.1, 0.15) is 5.56 Å². The Balaban J connectivity index is 1.43. The monoisotopic (exact) mass is 303 g/mol. The van der Waals surface area contributed by atoms with Gasteiger partial charge in [0.2, 0.25) is 6.79 Å². The molecule has 114 valence electrons. The maximum absolute atomic E-state index is 5.39. The van der Waals surface area contributed by atoms with Gasteiger partial charge >= 0.3 is 0 Å². The first-order valence-corrected chi connectivity index (χ1v) is 7.66. The summed E-state index contributed by atoms with van der Waals surface area (Å²) in [7, 11) is 0. The lowest BCUT2D eigenvalue weighted by atomic mass is 10.0. The number of hydrogen-bond acceptors (Lipinski definition) is 3. The molecule has 1 heterocycles. The third-order valence-corrected chi connectivity index (χ3v) is 3.93. The van der Waals surface area contributed by atoms with Crippen LogP contribution < -0.4 is 14.8 Å². The molecular weight excluding hydrogens is 286 g/mol. The number of rotatable bonds is 4. The molecule has 0 unspecified atom stereocenters. The van der Waals surface area contributed by atoms with Gasteiger partial charge in [-0.2, -0.15) is 0 Å². The minimum Gasteiger partial charge on any atom is -0.454 e. The Labute approximate surface area is 135 Å². The molecule has 0 saturated carbocycles. The number of ether oxygens (including phenoxy) is 2. The second-order valence-electron chi connectivity index (χ2n) is 5.48. The topological polar surface area (TPSA) is 30.5 Å². The van der Waals surface area contributed by atoms with E-state index in [1.54, 1.807) is 0 Å². The second kappa shape index (κ2) is 6.05. The molecule has 0 atom stereocenters. The predicted octanol–water partition coefficient (Wildman–Crippen LogP) is 4.69. The van der Waals surface area contributed by atoms with Crippen molar-refractivity contribution in [1.82, 2.24) is 0 Å². The fraction of sp³-hybridized carbons (Fsp3) is 0.100. The van der Waals surface area contributed by atoms with Crippen LogP contribution in [0.5, 0.6) is 11.5 Å². The first kappa shape index (κ1) is 13.7. The van der Waals surface area contributed by atoms with Crippen molar-refractivity contribution in [2.75, 3.05) is 12.1 Å². The summed E-state index contributed by atoms with van der Waals surface area (Å²) in [6, 6.07) is 24.9. The van der Waals surface area contributed by atoms with Gasteiger partial charge in [-0.25, -0.2) is 0 Å². The third-order valence-electron chi connectivity index (χ3n) is 3.93. The Kier molecular flexibility index (Phi) is 3.60. The summed E-state index contributed by atoms with van der Waals surface area (Å²) < 4.78 is 10.7. The van der Waals surface area contributed by atoms with Crippen LogP contribution in [0.3, 0.4) is 0 Å². The molecule has 0 aliphatic carbocycles. The van der Waals surface area contributed by atoms with Crippen molar-refractivity contribution >= 4 is 5.69 Å². The van der Waals surface area contributed by atoms with E-state index in [-0.39, 0.29) is 0 Å². The average Bonchev–Trinajstić information content (AvgIpc) is 3.09. The first-order valence-electron chi connectivity index (χ1n) is 7.66. The van der Waals surface area contributed by atoms with Crippen molar-refractivity contribution in [3.05, 3.63) is 78.4 Å². The van der Waals surface area contributed by atoms with E-state index in [9.17, 15) is 0 Å². The molecular formula is C20H17NO2. The number of nitrogens with one attached hydrogen (secondary N) is 1. The van der Waals surface area contributed by atoms with Gasteiger partial charge in [0.15, 0.2) is 11.5 Å². The van der Waals surface area contributed by atoms with Gasteiger partial charge in [-0.1, -0.05) is 54.6 Å². The second-order valence-corrected chi connectivity index (χ2v) is 5.48. The summed E-state index contributed by atoms with van der Waals surface area (Å²) in [5.74, 6) is 1.61. The maximum Gasteiger partial charge on any atom is 0.231 e. The van der Waals surface area contributed by atoms with E-state index in [2.05, 4.69) is 53.8 Å². The third kappa shape index (κ3) is 2.99. The highest BCUT2D eigenvalue weighted by atomic mass is 16.7. The lowest BCUT2D eigenvalue weighted by Gasteiger charge is -2.08. The predicted molar refractivity (Wildman–Crippen MR) is 91.8 cm³/mol. The average molecular weight is 303 g/mol. The van der Waals surface area contributed by atoms with Crippen molar-refractivity contribution in [2.24, 2.45) is 0 Å². The Morgan fingerprint density at radius 1 is 0.739 bits per heavy atom. The molecule has 23 heavy (non-hydrogen) atoms. The number of anilines is 1. The van der Waals surface area contributed by atoms with Crippen LogP contribution in [0, 0.1) is 0 Å². The standard InChI is InChI=1S/C20H17NO2/c1-2-4-16(5-3-1)17-8-6-15(7-9-17)13-21-18-10-11-19-20(12-18)23-14-22-19/h1-12,21H,13-14H2. The first-order chi connectivity index (χ1) is 11.4. The normalized spacial score (nSPS) is 12.2. The molecule has 3 heteroatoms. The zero-order valence-electron chi connectivity index (χ0n) is 12.7. The summed E-state index contributed by atoms with van der Waals surface area (Å²) in [5.41, 5.74) is 4.74. The lowest BCUT2D eigenvalue weighted by Crippen LogP contribution is -1.99. The van der Waals surface area contributed by atoms with Crippen molar-refractivity contribution in [1.29, 1.82) is 0 Å². The van der Waals surface area contributed by atoms with Crippen molar-refractivity contribution in [2.45, 2.75) is 6.54 Å². The summed E-state index contributed by atoms with van der Waals surface area (Å²) in [4.78, 5) is 0. The molecule has 0 aromatic heterocycles. The molecule has 0 bridgehead atoms. The molecule has 4 rings (SSSR count). The van der Waals surface area contributed by atoms with Gasteiger partial charge < -0.3 is 14.8 Å². The molecule has 1 aliphatic heterocycles. The Morgan fingerprint density at radius 3 is 2.30 bits per heavy atom. The molecule has 0 amide bonds. The van der Waals surface area contributed by atoms with Crippen LogP contribution in [0.15, 0.2) is 72.8 Å². The summed E-state index contributed by atoms with van der Waals surface area (Å²) in [6.45, 7) is 1.08. The van der Waals surface area contributed by atoms with E-state index in [1.807, 2.05) is 24.3 Å². The fourth-order valence-electron chi connectivity index (χ4n) is 2.66. The van der Waals surface area contributed by atoms with Crippen molar-refractivity contribution in [3.8, 4) is 22.6 Å². The highest BCUT2D eigenvalue weighted by Crippen LogP contribution is 2.34. The van der Waals surface area contributed by atoms with Gasteiger partial charge in [0.25, 0.3) is 0 Å². The molecule has 0 saturated heterocycles. The Hall–Kier alpha value is -2.94. The molecule has 1 N–H and O–H groups in total. The van der Waals surface area contributed by atoms with E-state index >= 15 is 0 Å². The van der Waals surface area contributed by atoms with Crippen LogP contribution in [0.4, 0.5) is 5.69 Å². The van der Waals surface area contributed by atoms with Gasteiger partial charge in [-0.15, -0.1) is 0 Å². The highest BCUT2D eigenvalue weighted by Gasteiger charge is 2.12. The largest absolute Gasteiger partial charge is 0.454 e. The van der Waals surface area contributed by atoms with E-state index in [0.29, 0.717) is 6.79 Å². The van der Waals surface area contributed by atoms with Crippen molar-refractivity contribution in [3.63, 3.8) is 0 Å². The zero-order valence-corrected chi connectivity index (χ0v) is 12.7. The van der Waals surface area contributed by atoms with E-state index in [0.717, 1.165) is 23.7 Å². The van der Waals surface area contributed by atoms with Crippen molar-refractivity contribution < 1.29 is 9.47 Å². The van der Waals surface area contributed by atoms with Gasteiger partial charge in [0, 0.05) is 18.3 Å². The number of benzene rings is 3. The van der Waals surface area contributed by atoms with E-state index in [1.165, 1.54) is 16.7 Å². The molecule has 3 aromatic rings. The minimum absolute atomic E-state index is 0.305. The van der Waals surface area contributed by atoms with Gasteiger partial charge in [-0.3, -0.25) is 0 Å². The van der Waals surface area contributed by atoms with Gasteiger partial charge in [0.1, 0.15) is 0 Å². The van der Waals surface area contributed by atoms with Crippen LogP contribution in [-0.2, 0) is 6.54 Å². The van der Waals surface area contributed by atoms with Crippen LogP contribution >= 0.6 is 0 Å². The number of hydrogen-bond donors (Lipinski definition) is 1. The molecule has 0 fully saturated rings. The summed E-state index contributed by atoms with van der Waals surface area (Å²) in [5, 5.41) is 3.41. The molecule has 0 radical (unpaired) electrons. The molecule has 3 aromatic carbocycles. The zero-order chi connectivity index (χ0) is 15.5. The molecule has 0 spiro atoms. The SMILES string of the molecule is c1ccc(-c2ccc(CNc3ccc4c(c3)OCO4)cc2)cc1. The highest BCUT2D eigenvalue weighted by molar-refractivity contribution is 5.63. The number of fused-ring (bicyclic) bond motifs is 1. The van der Waals surface area contributed by atoms with Crippen LogP contribution in [0.25, 0.3) is 11.1 Å². The smallest absolute Gasteiger partial charge is 0.231 e. The lowest BCUT2D eigenvalue weighted by molar-refractivity contribution is 0.174. The molecule has 3 nitrogen and oxygen atoms in total. The Morgan fingerprint density at radius 2 is 1.48 bits per heavy atom. The molecule has 1 aliphatic rings.